The molecular weight excluding hydrogens is 110 g/mol. The quantitative estimate of drug-likeness (QED) is 0.511. The Morgan fingerprint density at radius 2 is 2.86 bits per heavy atom. The van der Waals surface area contributed by atoms with Gasteiger partial charge in [0.1, 0.15) is 0 Å². The van der Waals surface area contributed by atoms with Crippen LogP contribution < -0.4 is 4.72 Å². The van der Waals surface area contributed by atoms with E-state index in [4.69, 9.17) is 4.74 Å². The lowest BCUT2D eigenvalue weighted by Crippen LogP contribution is -1.97. The van der Waals surface area contributed by atoms with Crippen LogP contribution in [0.15, 0.2) is 12.0 Å². The molecule has 1 N–H and O–H groups in total. The molecule has 7 heavy (non-hydrogen) atoms. The first-order valence-corrected chi connectivity index (χ1v) is 3.04. The SMILES string of the molecule is COC1=CCSN1. The standard InChI is InChI=1S/C4H7NOS/c1-6-4-2-3-7-5-4/h2,5H,3H2,1H3. The molecule has 0 amide bonds. The van der Waals surface area contributed by atoms with Gasteiger partial charge in [-0.25, -0.2) is 0 Å². The molecule has 40 valence electrons. The maximum atomic E-state index is 4.84. The predicted octanol–water partition coefficient (Wildman–Crippen LogP) is 0.726. The molecule has 3 heteroatoms. The van der Waals surface area contributed by atoms with Gasteiger partial charge in [0.15, 0.2) is 5.88 Å². The molecule has 0 saturated heterocycles. The highest BCUT2D eigenvalue weighted by Crippen LogP contribution is 2.08. The second-order valence-corrected chi connectivity index (χ2v) is 2.01. The van der Waals surface area contributed by atoms with Crippen molar-refractivity contribution < 1.29 is 4.74 Å². The van der Waals surface area contributed by atoms with E-state index in [0.717, 1.165) is 11.6 Å². The third-order valence-corrected chi connectivity index (χ3v) is 1.42. The first-order valence-electron chi connectivity index (χ1n) is 2.05. The topological polar surface area (TPSA) is 21.3 Å². The number of ether oxygens (including phenoxy) is 1. The third kappa shape index (κ3) is 1.03. The summed E-state index contributed by atoms with van der Waals surface area (Å²) in [5.41, 5.74) is 0. The smallest absolute Gasteiger partial charge is 0.193 e. The maximum Gasteiger partial charge on any atom is 0.193 e. The number of methoxy groups -OCH3 is 1. The van der Waals surface area contributed by atoms with Gasteiger partial charge in [0, 0.05) is 5.75 Å². The zero-order valence-corrected chi connectivity index (χ0v) is 4.92. The molecule has 0 saturated carbocycles. The molecule has 0 spiro atoms. The highest BCUT2D eigenvalue weighted by Gasteiger charge is 1.99. The Hall–Kier alpha value is -0.310. The van der Waals surface area contributed by atoms with Crippen molar-refractivity contribution in [3.63, 3.8) is 0 Å². The van der Waals surface area contributed by atoms with Crippen LogP contribution in [0.1, 0.15) is 0 Å². The molecule has 0 unspecified atom stereocenters. The Bertz CT molecular complexity index is 91.7. The fourth-order valence-corrected chi connectivity index (χ4v) is 1.02. The molecule has 0 atom stereocenters. The average Bonchev–Trinajstić information content (AvgIpc) is 2.14. The Balaban J connectivity index is 2.36. The van der Waals surface area contributed by atoms with Crippen molar-refractivity contribution in [2.45, 2.75) is 0 Å². The van der Waals surface area contributed by atoms with E-state index < -0.39 is 0 Å². The van der Waals surface area contributed by atoms with Crippen LogP contribution in [0.25, 0.3) is 0 Å². The van der Waals surface area contributed by atoms with Crippen molar-refractivity contribution in [2.75, 3.05) is 12.9 Å². The first-order chi connectivity index (χ1) is 3.43. The van der Waals surface area contributed by atoms with Gasteiger partial charge in [-0.2, -0.15) is 0 Å². The van der Waals surface area contributed by atoms with E-state index in [2.05, 4.69) is 4.72 Å². The normalized spacial score (nSPS) is 18.1. The van der Waals surface area contributed by atoms with Crippen molar-refractivity contribution in [3.05, 3.63) is 12.0 Å². The van der Waals surface area contributed by atoms with Gasteiger partial charge in [0.25, 0.3) is 0 Å². The maximum absolute atomic E-state index is 4.84. The number of nitrogens with one attached hydrogen (secondary N) is 1. The molecule has 0 fully saturated rings. The summed E-state index contributed by atoms with van der Waals surface area (Å²) in [4.78, 5) is 0. The lowest BCUT2D eigenvalue weighted by atomic mass is 10.7. The number of rotatable bonds is 1. The molecular formula is C4H7NOS. The van der Waals surface area contributed by atoms with E-state index in [0.29, 0.717) is 0 Å². The number of hydrogen-bond acceptors (Lipinski definition) is 3. The summed E-state index contributed by atoms with van der Waals surface area (Å²) in [7, 11) is 1.66. The fraction of sp³-hybridized carbons (Fsp3) is 0.500. The van der Waals surface area contributed by atoms with Crippen LogP contribution in [-0.4, -0.2) is 12.9 Å². The van der Waals surface area contributed by atoms with Gasteiger partial charge in [-0.15, -0.1) is 0 Å². The molecule has 0 radical (unpaired) electrons. The Morgan fingerprint density at radius 1 is 2.00 bits per heavy atom. The number of hydrogen-bond donors (Lipinski definition) is 1. The van der Waals surface area contributed by atoms with Crippen molar-refractivity contribution in [1.82, 2.24) is 4.72 Å². The van der Waals surface area contributed by atoms with E-state index in [1.54, 1.807) is 19.1 Å². The van der Waals surface area contributed by atoms with Crippen molar-refractivity contribution in [2.24, 2.45) is 0 Å². The van der Waals surface area contributed by atoms with Crippen LogP contribution in [0.4, 0.5) is 0 Å². The average molecular weight is 117 g/mol. The molecule has 0 aromatic heterocycles. The summed E-state index contributed by atoms with van der Waals surface area (Å²) in [5.74, 6) is 1.90. The minimum atomic E-state index is 0.880. The van der Waals surface area contributed by atoms with Gasteiger partial charge in [0.05, 0.1) is 7.11 Å². The Morgan fingerprint density at radius 3 is 3.14 bits per heavy atom. The second-order valence-electron chi connectivity index (χ2n) is 1.19. The molecule has 0 aromatic rings. The van der Waals surface area contributed by atoms with Crippen LogP contribution in [0.5, 0.6) is 0 Å². The van der Waals surface area contributed by atoms with Crippen molar-refractivity contribution in [1.29, 1.82) is 0 Å². The van der Waals surface area contributed by atoms with Gasteiger partial charge in [-0.3, -0.25) is 0 Å². The van der Waals surface area contributed by atoms with Gasteiger partial charge in [-0.05, 0) is 18.0 Å². The highest BCUT2D eigenvalue weighted by atomic mass is 32.2. The molecule has 1 rings (SSSR count). The van der Waals surface area contributed by atoms with Crippen molar-refractivity contribution >= 4 is 11.9 Å². The van der Waals surface area contributed by atoms with Crippen LogP contribution >= 0.6 is 11.9 Å². The first kappa shape index (κ1) is 4.84. The summed E-state index contributed by atoms with van der Waals surface area (Å²) in [6.45, 7) is 0. The predicted molar refractivity (Wildman–Crippen MR) is 30.7 cm³/mol. The monoisotopic (exact) mass is 117 g/mol. The lowest BCUT2D eigenvalue weighted by molar-refractivity contribution is 0.281. The summed E-state index contributed by atoms with van der Waals surface area (Å²) < 4.78 is 7.80. The highest BCUT2D eigenvalue weighted by molar-refractivity contribution is 7.97. The molecule has 1 aliphatic rings. The van der Waals surface area contributed by atoms with Crippen molar-refractivity contribution in [3.8, 4) is 0 Å². The Kier molecular flexibility index (Phi) is 1.46. The zero-order valence-electron chi connectivity index (χ0n) is 4.10. The summed E-state index contributed by atoms with van der Waals surface area (Å²) in [6.07, 6.45) is 2.00. The van der Waals surface area contributed by atoms with Crippen LogP contribution in [0.2, 0.25) is 0 Å². The van der Waals surface area contributed by atoms with Gasteiger partial charge in [0.2, 0.25) is 0 Å². The minimum absolute atomic E-state index is 0.880. The third-order valence-electron chi connectivity index (χ3n) is 0.745. The van der Waals surface area contributed by atoms with Crippen LogP contribution in [-0.2, 0) is 4.74 Å². The second kappa shape index (κ2) is 2.12. The van der Waals surface area contributed by atoms with Gasteiger partial charge >= 0.3 is 0 Å². The van der Waals surface area contributed by atoms with E-state index in [1.165, 1.54) is 0 Å². The summed E-state index contributed by atoms with van der Waals surface area (Å²) >= 11 is 1.64. The largest absolute Gasteiger partial charge is 0.482 e. The molecule has 0 aromatic carbocycles. The molecule has 2 nitrogen and oxygen atoms in total. The van der Waals surface area contributed by atoms with E-state index in [1.807, 2.05) is 6.08 Å². The Labute approximate surface area is 47.1 Å². The van der Waals surface area contributed by atoms with E-state index in [9.17, 15) is 0 Å². The van der Waals surface area contributed by atoms with Gasteiger partial charge in [-0.1, -0.05) is 0 Å². The van der Waals surface area contributed by atoms with Crippen LogP contribution in [0, 0.1) is 0 Å². The molecule has 1 heterocycles. The van der Waals surface area contributed by atoms with E-state index in [-0.39, 0.29) is 0 Å². The van der Waals surface area contributed by atoms with Crippen LogP contribution in [0.3, 0.4) is 0 Å². The minimum Gasteiger partial charge on any atom is -0.482 e. The molecule has 0 bridgehead atoms. The molecule has 1 aliphatic heterocycles. The van der Waals surface area contributed by atoms with E-state index >= 15 is 0 Å². The lowest BCUT2D eigenvalue weighted by Gasteiger charge is -1.96. The summed E-state index contributed by atoms with van der Waals surface area (Å²) in [6, 6.07) is 0. The zero-order chi connectivity index (χ0) is 5.11. The fourth-order valence-electron chi connectivity index (χ4n) is 0.397. The van der Waals surface area contributed by atoms with Gasteiger partial charge < -0.3 is 9.46 Å². The summed E-state index contributed by atoms with van der Waals surface area (Å²) in [5, 5.41) is 0. The molecule has 0 aliphatic carbocycles.